The maximum atomic E-state index is 14.4. The molecule has 24 heavy (non-hydrogen) atoms. The molecule has 2 heterocycles. The van der Waals surface area contributed by atoms with Crippen LogP contribution in [0.3, 0.4) is 0 Å². The van der Waals surface area contributed by atoms with E-state index in [-0.39, 0.29) is 11.6 Å². The third-order valence-corrected chi connectivity index (χ3v) is 4.87. The Hall–Kier alpha value is -1.76. The van der Waals surface area contributed by atoms with Crippen molar-refractivity contribution in [1.82, 2.24) is 0 Å². The molecule has 0 spiro atoms. The van der Waals surface area contributed by atoms with Crippen LogP contribution in [0.2, 0.25) is 0 Å². The van der Waals surface area contributed by atoms with Crippen molar-refractivity contribution in [3.05, 3.63) is 35.1 Å². The van der Waals surface area contributed by atoms with Crippen molar-refractivity contribution in [3.63, 3.8) is 0 Å². The van der Waals surface area contributed by atoms with Gasteiger partial charge in [0.2, 0.25) is 0 Å². The van der Waals surface area contributed by atoms with Crippen molar-refractivity contribution in [2.45, 2.75) is 37.6 Å². The smallest absolute Gasteiger partial charge is 0.310 e. The number of aliphatic imine (C=N–C) groups is 1. The first-order valence-electron chi connectivity index (χ1n) is 8.04. The highest BCUT2D eigenvalue weighted by molar-refractivity contribution is 5.73. The fourth-order valence-corrected chi connectivity index (χ4v) is 3.18. The van der Waals surface area contributed by atoms with E-state index in [0.29, 0.717) is 12.3 Å². The van der Waals surface area contributed by atoms with Gasteiger partial charge in [-0.25, -0.2) is 9.38 Å². The number of ether oxygens (including phenoxy) is 2. The lowest BCUT2D eigenvalue weighted by Crippen LogP contribution is -2.51. The molecule has 2 aliphatic heterocycles. The van der Waals surface area contributed by atoms with Crippen molar-refractivity contribution in [2.75, 3.05) is 19.8 Å². The molecule has 0 radical (unpaired) electrons. The first-order valence-corrected chi connectivity index (χ1v) is 8.04. The molecule has 1 aromatic rings. The molecule has 1 aromatic carbocycles. The molecule has 132 valence electrons. The fraction of sp³-hybridized carbons (Fsp3) is 0.588. The van der Waals surface area contributed by atoms with Crippen LogP contribution in [0.4, 0.5) is 13.2 Å². The molecule has 2 aliphatic rings. The predicted octanol–water partition coefficient (Wildman–Crippen LogP) is 2.99. The highest BCUT2D eigenvalue weighted by Crippen LogP contribution is 2.44. The van der Waals surface area contributed by atoms with Crippen LogP contribution < -0.4 is 5.73 Å². The standard InChI is InChI=1S/C17H21F3N2O2/c1-16(17(19,20)10-24-15(21)22-16)13-8-11(4-5-14(13)18)2-3-12-6-7-23-9-12/h4-5,8,12H,2-3,6-7,9-10H2,1H3,(H2,21,22)/t12?,16-/m1/s1. The van der Waals surface area contributed by atoms with Crippen LogP contribution in [-0.2, 0) is 21.4 Å². The SMILES string of the molecule is C[C@]1(c2cc(CCC3CCOC3)ccc2F)N=C(N)OCC1(F)F. The molecule has 1 unspecified atom stereocenters. The summed E-state index contributed by atoms with van der Waals surface area (Å²) >= 11 is 0. The minimum absolute atomic E-state index is 0.154. The number of alkyl halides is 2. The molecule has 0 bridgehead atoms. The molecule has 4 nitrogen and oxygen atoms in total. The molecular weight excluding hydrogens is 321 g/mol. The zero-order chi connectivity index (χ0) is 17.4. The number of aryl methyl sites for hydroxylation is 1. The van der Waals surface area contributed by atoms with Crippen molar-refractivity contribution in [3.8, 4) is 0 Å². The Bertz CT molecular complexity index is 645. The molecule has 0 amide bonds. The Balaban J connectivity index is 1.88. The Morgan fingerprint density at radius 3 is 2.88 bits per heavy atom. The third kappa shape index (κ3) is 3.09. The van der Waals surface area contributed by atoms with Gasteiger partial charge in [-0.2, -0.15) is 8.78 Å². The summed E-state index contributed by atoms with van der Waals surface area (Å²) in [5, 5.41) is 0. The van der Waals surface area contributed by atoms with Crippen LogP contribution in [0.1, 0.15) is 30.9 Å². The molecule has 0 aliphatic carbocycles. The lowest BCUT2D eigenvalue weighted by Gasteiger charge is -2.37. The summed E-state index contributed by atoms with van der Waals surface area (Å²) in [6.45, 7) is 1.76. The maximum Gasteiger partial charge on any atom is 0.310 e. The summed E-state index contributed by atoms with van der Waals surface area (Å²) in [6.07, 6.45) is 2.56. The van der Waals surface area contributed by atoms with E-state index in [1.54, 1.807) is 6.07 Å². The van der Waals surface area contributed by atoms with Crippen LogP contribution in [0, 0.1) is 11.7 Å². The van der Waals surface area contributed by atoms with Gasteiger partial charge < -0.3 is 15.2 Å². The Labute approximate surface area is 138 Å². The van der Waals surface area contributed by atoms with Gasteiger partial charge in [0.25, 0.3) is 6.02 Å². The molecule has 1 saturated heterocycles. The number of halogens is 3. The van der Waals surface area contributed by atoms with Crippen LogP contribution in [-0.4, -0.2) is 31.8 Å². The first kappa shape index (κ1) is 17.1. The quantitative estimate of drug-likeness (QED) is 0.915. The van der Waals surface area contributed by atoms with Gasteiger partial charge >= 0.3 is 5.92 Å². The van der Waals surface area contributed by atoms with Crippen molar-refractivity contribution in [1.29, 1.82) is 0 Å². The number of amidine groups is 1. The first-order chi connectivity index (χ1) is 11.3. The van der Waals surface area contributed by atoms with Gasteiger partial charge in [-0.1, -0.05) is 12.1 Å². The average Bonchev–Trinajstić information content (AvgIpc) is 3.04. The minimum atomic E-state index is -3.35. The second kappa shape index (κ2) is 6.27. The van der Waals surface area contributed by atoms with Gasteiger partial charge in [0.15, 0.2) is 12.1 Å². The summed E-state index contributed by atoms with van der Waals surface area (Å²) in [6, 6.07) is 3.97. The van der Waals surface area contributed by atoms with Crippen LogP contribution >= 0.6 is 0 Å². The highest BCUT2D eigenvalue weighted by Gasteiger charge is 2.56. The number of hydrogen-bond acceptors (Lipinski definition) is 4. The number of nitrogens with two attached hydrogens (primary N) is 1. The molecule has 3 rings (SSSR count). The topological polar surface area (TPSA) is 56.8 Å². The zero-order valence-corrected chi connectivity index (χ0v) is 13.5. The summed E-state index contributed by atoms with van der Waals surface area (Å²) in [5.74, 6) is -3.61. The molecule has 0 aromatic heterocycles. The van der Waals surface area contributed by atoms with E-state index in [1.165, 1.54) is 19.1 Å². The van der Waals surface area contributed by atoms with Gasteiger partial charge in [0.1, 0.15) is 5.82 Å². The molecule has 2 N–H and O–H groups in total. The summed E-state index contributed by atoms with van der Waals surface area (Å²) in [4.78, 5) is 3.74. The molecule has 7 heteroatoms. The van der Waals surface area contributed by atoms with E-state index < -0.39 is 23.9 Å². The maximum absolute atomic E-state index is 14.4. The van der Waals surface area contributed by atoms with E-state index in [9.17, 15) is 13.2 Å². The minimum Gasteiger partial charge on any atom is -0.459 e. The van der Waals surface area contributed by atoms with Crippen molar-refractivity contribution in [2.24, 2.45) is 16.6 Å². The van der Waals surface area contributed by atoms with Gasteiger partial charge in [-0.3, -0.25) is 0 Å². The van der Waals surface area contributed by atoms with Crippen LogP contribution in [0.15, 0.2) is 23.2 Å². The number of nitrogens with zero attached hydrogens (tertiary/aromatic N) is 1. The normalized spacial score (nSPS) is 29.2. The average molecular weight is 342 g/mol. The number of hydrogen-bond donors (Lipinski definition) is 1. The van der Waals surface area contributed by atoms with E-state index in [0.717, 1.165) is 31.6 Å². The lowest BCUT2D eigenvalue weighted by molar-refractivity contribution is -0.117. The molecule has 0 saturated carbocycles. The van der Waals surface area contributed by atoms with E-state index in [2.05, 4.69) is 9.73 Å². The number of benzene rings is 1. The molecule has 2 atom stereocenters. The largest absolute Gasteiger partial charge is 0.459 e. The monoisotopic (exact) mass is 342 g/mol. The van der Waals surface area contributed by atoms with Crippen LogP contribution in [0.5, 0.6) is 0 Å². The molecule has 1 fully saturated rings. The predicted molar refractivity (Wildman–Crippen MR) is 83.5 cm³/mol. The van der Waals surface area contributed by atoms with Crippen LogP contribution in [0.25, 0.3) is 0 Å². The van der Waals surface area contributed by atoms with Gasteiger partial charge in [-0.15, -0.1) is 0 Å². The Morgan fingerprint density at radius 1 is 1.38 bits per heavy atom. The Kier molecular flexibility index (Phi) is 4.46. The van der Waals surface area contributed by atoms with Gasteiger partial charge in [-0.05, 0) is 43.7 Å². The summed E-state index contributed by atoms with van der Waals surface area (Å²) in [5.41, 5.74) is 4.03. The highest BCUT2D eigenvalue weighted by atomic mass is 19.3. The third-order valence-electron chi connectivity index (χ3n) is 4.87. The summed E-state index contributed by atoms with van der Waals surface area (Å²) in [7, 11) is 0. The van der Waals surface area contributed by atoms with Crippen molar-refractivity contribution < 1.29 is 22.6 Å². The van der Waals surface area contributed by atoms with E-state index in [4.69, 9.17) is 10.5 Å². The number of rotatable bonds is 4. The van der Waals surface area contributed by atoms with Gasteiger partial charge in [0.05, 0.1) is 0 Å². The van der Waals surface area contributed by atoms with Crippen molar-refractivity contribution >= 4 is 6.02 Å². The van der Waals surface area contributed by atoms with E-state index in [1.807, 2.05) is 0 Å². The van der Waals surface area contributed by atoms with Gasteiger partial charge in [0, 0.05) is 18.8 Å². The second-order valence-corrected chi connectivity index (χ2v) is 6.60. The molecular formula is C17H21F3N2O2. The Morgan fingerprint density at radius 2 is 2.17 bits per heavy atom. The van der Waals surface area contributed by atoms with E-state index >= 15 is 0 Å². The lowest BCUT2D eigenvalue weighted by atomic mass is 9.84. The fourth-order valence-electron chi connectivity index (χ4n) is 3.18. The summed E-state index contributed by atoms with van der Waals surface area (Å²) < 4.78 is 53.0. The zero-order valence-electron chi connectivity index (χ0n) is 13.5. The second-order valence-electron chi connectivity index (χ2n) is 6.60.